The Morgan fingerprint density at radius 3 is 2.38 bits per heavy atom. The Morgan fingerprint density at radius 2 is 1.88 bits per heavy atom. The second kappa shape index (κ2) is 6.90. The molecule has 0 heterocycles. The lowest BCUT2D eigenvalue weighted by atomic mass is 9.94. The topological polar surface area (TPSA) is 33.0 Å². The summed E-state index contributed by atoms with van der Waals surface area (Å²) in [6.45, 7) is 4.21. The first-order chi connectivity index (χ1) is 7.81. The van der Waals surface area contributed by atoms with Crippen LogP contribution in [0.4, 0.5) is 0 Å². The smallest absolute Gasteiger partial charge is 0.119 e. The number of nitriles is 1. The molecule has 0 unspecified atom stereocenters. The first kappa shape index (κ1) is 12.6. The van der Waals surface area contributed by atoms with Gasteiger partial charge in [-0.15, -0.1) is 0 Å². The fraction of sp³-hybridized carbons (Fsp3) is 0.500. The molecule has 1 aromatic rings. The molecule has 1 rings (SSSR count). The fourth-order valence-corrected chi connectivity index (χ4v) is 1.84. The third kappa shape index (κ3) is 3.58. The summed E-state index contributed by atoms with van der Waals surface area (Å²) in [7, 11) is 0. The minimum atomic E-state index is 0.145. The molecule has 86 valence electrons. The van der Waals surface area contributed by atoms with Crippen molar-refractivity contribution in [2.75, 3.05) is 0 Å². The Kier molecular flexibility index (Phi) is 5.42. The van der Waals surface area contributed by atoms with Crippen molar-refractivity contribution in [2.24, 2.45) is 5.92 Å². The summed E-state index contributed by atoms with van der Waals surface area (Å²) >= 11 is 0. The zero-order valence-corrected chi connectivity index (χ0v) is 10.0. The van der Waals surface area contributed by atoms with E-state index in [4.69, 9.17) is 10.00 Å². The minimum absolute atomic E-state index is 0.145. The standard InChI is InChI=1S/C14H19NO/c1-3-12(10-11-15)14(4-2)16-13-8-6-5-7-9-13/h5-9,12,14H,3-4,10H2,1-2H3/t12-,14+/m0/s1. The van der Waals surface area contributed by atoms with Crippen molar-refractivity contribution < 1.29 is 4.74 Å². The number of rotatable bonds is 6. The second-order valence-corrected chi connectivity index (χ2v) is 3.91. The summed E-state index contributed by atoms with van der Waals surface area (Å²) in [4.78, 5) is 0. The van der Waals surface area contributed by atoms with Crippen molar-refractivity contribution in [3.05, 3.63) is 30.3 Å². The maximum Gasteiger partial charge on any atom is 0.119 e. The van der Waals surface area contributed by atoms with Gasteiger partial charge in [0.1, 0.15) is 11.9 Å². The third-order valence-electron chi connectivity index (χ3n) is 2.84. The molecule has 0 bridgehead atoms. The molecule has 0 saturated carbocycles. The number of hydrogen-bond acceptors (Lipinski definition) is 2. The van der Waals surface area contributed by atoms with Gasteiger partial charge in [-0.05, 0) is 25.0 Å². The van der Waals surface area contributed by atoms with Gasteiger partial charge in [0.15, 0.2) is 0 Å². The highest BCUT2D eigenvalue weighted by molar-refractivity contribution is 5.21. The molecule has 0 radical (unpaired) electrons. The van der Waals surface area contributed by atoms with Crippen LogP contribution < -0.4 is 4.74 Å². The molecular weight excluding hydrogens is 198 g/mol. The molecule has 0 amide bonds. The highest BCUT2D eigenvalue weighted by Gasteiger charge is 2.19. The molecule has 0 saturated heterocycles. The molecule has 1 aromatic carbocycles. The van der Waals surface area contributed by atoms with Crippen LogP contribution in [0, 0.1) is 17.2 Å². The van der Waals surface area contributed by atoms with Crippen LogP contribution in [0.1, 0.15) is 33.1 Å². The molecular formula is C14H19NO. The van der Waals surface area contributed by atoms with E-state index in [0.717, 1.165) is 18.6 Å². The lowest BCUT2D eigenvalue weighted by molar-refractivity contribution is 0.128. The highest BCUT2D eigenvalue weighted by Crippen LogP contribution is 2.22. The van der Waals surface area contributed by atoms with E-state index in [-0.39, 0.29) is 6.10 Å². The zero-order valence-electron chi connectivity index (χ0n) is 10.0. The first-order valence-corrected chi connectivity index (χ1v) is 5.90. The summed E-state index contributed by atoms with van der Waals surface area (Å²) in [5, 5.41) is 8.77. The van der Waals surface area contributed by atoms with Crippen molar-refractivity contribution in [3.63, 3.8) is 0 Å². The summed E-state index contributed by atoms with van der Waals surface area (Å²) in [6.07, 6.45) is 2.64. The predicted octanol–water partition coefficient (Wildman–Crippen LogP) is 3.78. The van der Waals surface area contributed by atoms with Crippen LogP contribution in [0.25, 0.3) is 0 Å². The van der Waals surface area contributed by atoms with E-state index in [1.54, 1.807) is 0 Å². The van der Waals surface area contributed by atoms with Crippen LogP contribution in [-0.2, 0) is 0 Å². The summed E-state index contributed by atoms with van der Waals surface area (Å²) in [6, 6.07) is 12.1. The lowest BCUT2D eigenvalue weighted by Crippen LogP contribution is -2.25. The van der Waals surface area contributed by atoms with Gasteiger partial charge < -0.3 is 4.74 Å². The van der Waals surface area contributed by atoms with Crippen LogP contribution >= 0.6 is 0 Å². The highest BCUT2D eigenvalue weighted by atomic mass is 16.5. The van der Waals surface area contributed by atoms with Crippen molar-refractivity contribution in [1.29, 1.82) is 5.26 Å². The van der Waals surface area contributed by atoms with Crippen molar-refractivity contribution >= 4 is 0 Å². The lowest BCUT2D eigenvalue weighted by Gasteiger charge is -2.24. The number of para-hydroxylation sites is 1. The van der Waals surface area contributed by atoms with Gasteiger partial charge in [0.25, 0.3) is 0 Å². The van der Waals surface area contributed by atoms with Crippen molar-refractivity contribution in [2.45, 2.75) is 39.2 Å². The average Bonchev–Trinajstić information content (AvgIpc) is 2.35. The molecule has 0 aliphatic heterocycles. The molecule has 0 N–H and O–H groups in total. The van der Waals surface area contributed by atoms with Gasteiger partial charge >= 0.3 is 0 Å². The van der Waals surface area contributed by atoms with E-state index >= 15 is 0 Å². The largest absolute Gasteiger partial charge is 0.490 e. The molecule has 2 heteroatoms. The van der Waals surface area contributed by atoms with Crippen molar-refractivity contribution in [3.8, 4) is 11.8 Å². The van der Waals surface area contributed by atoms with Gasteiger partial charge in [-0.1, -0.05) is 32.0 Å². The van der Waals surface area contributed by atoms with E-state index in [1.165, 1.54) is 0 Å². The number of ether oxygens (including phenoxy) is 1. The molecule has 0 fully saturated rings. The van der Waals surface area contributed by atoms with E-state index in [0.29, 0.717) is 12.3 Å². The number of benzene rings is 1. The normalized spacial score (nSPS) is 13.8. The van der Waals surface area contributed by atoms with Gasteiger partial charge in [-0.25, -0.2) is 0 Å². The molecule has 2 atom stereocenters. The second-order valence-electron chi connectivity index (χ2n) is 3.91. The summed E-state index contributed by atoms with van der Waals surface area (Å²) in [5.41, 5.74) is 0. The molecule has 0 aromatic heterocycles. The number of nitrogens with zero attached hydrogens (tertiary/aromatic N) is 1. The molecule has 2 nitrogen and oxygen atoms in total. The van der Waals surface area contributed by atoms with E-state index in [9.17, 15) is 0 Å². The summed E-state index contributed by atoms with van der Waals surface area (Å²) < 4.78 is 5.92. The van der Waals surface area contributed by atoms with Gasteiger partial charge in [-0.3, -0.25) is 0 Å². The van der Waals surface area contributed by atoms with Gasteiger partial charge in [0.05, 0.1) is 6.07 Å². The van der Waals surface area contributed by atoms with Crippen LogP contribution in [-0.4, -0.2) is 6.10 Å². The zero-order chi connectivity index (χ0) is 11.8. The Labute approximate surface area is 97.9 Å². The minimum Gasteiger partial charge on any atom is -0.490 e. The van der Waals surface area contributed by atoms with Crippen LogP contribution in [0.5, 0.6) is 5.75 Å². The van der Waals surface area contributed by atoms with E-state index in [2.05, 4.69) is 19.9 Å². The third-order valence-corrected chi connectivity index (χ3v) is 2.84. The monoisotopic (exact) mass is 217 g/mol. The predicted molar refractivity (Wildman–Crippen MR) is 65.2 cm³/mol. The maximum absolute atomic E-state index is 8.77. The Hall–Kier alpha value is -1.49. The maximum atomic E-state index is 8.77. The Morgan fingerprint density at radius 1 is 1.19 bits per heavy atom. The van der Waals surface area contributed by atoms with E-state index in [1.807, 2.05) is 30.3 Å². The van der Waals surface area contributed by atoms with Crippen LogP contribution in [0.3, 0.4) is 0 Å². The molecule has 0 aliphatic carbocycles. The first-order valence-electron chi connectivity index (χ1n) is 5.90. The number of hydrogen-bond donors (Lipinski definition) is 0. The van der Waals surface area contributed by atoms with Crippen LogP contribution in [0.2, 0.25) is 0 Å². The van der Waals surface area contributed by atoms with E-state index < -0.39 is 0 Å². The average molecular weight is 217 g/mol. The Bertz CT molecular complexity index is 328. The van der Waals surface area contributed by atoms with Gasteiger partial charge in [0, 0.05) is 12.3 Å². The molecule has 0 spiro atoms. The van der Waals surface area contributed by atoms with Crippen molar-refractivity contribution in [1.82, 2.24) is 0 Å². The molecule has 0 aliphatic rings. The SMILES string of the molecule is CC[C@@H](CC#N)[C@@H](CC)Oc1ccccc1. The van der Waals surface area contributed by atoms with Gasteiger partial charge in [-0.2, -0.15) is 5.26 Å². The van der Waals surface area contributed by atoms with Gasteiger partial charge in [0.2, 0.25) is 0 Å². The van der Waals surface area contributed by atoms with Crippen LogP contribution in [0.15, 0.2) is 30.3 Å². The quantitative estimate of drug-likeness (QED) is 0.726. The molecule has 16 heavy (non-hydrogen) atoms. The fourth-order valence-electron chi connectivity index (χ4n) is 1.84. The summed E-state index contributed by atoms with van der Waals surface area (Å²) in [5.74, 6) is 1.22. The Balaban J connectivity index is 2.64.